The van der Waals surface area contributed by atoms with Crippen molar-refractivity contribution in [2.75, 3.05) is 26.2 Å². The van der Waals surface area contributed by atoms with Gasteiger partial charge < -0.3 is 10.4 Å². The summed E-state index contributed by atoms with van der Waals surface area (Å²) in [6.07, 6.45) is 2.99. The van der Waals surface area contributed by atoms with E-state index < -0.39 is 0 Å². The first-order valence-corrected chi connectivity index (χ1v) is 7.60. The molecule has 0 spiro atoms. The van der Waals surface area contributed by atoms with E-state index >= 15 is 0 Å². The summed E-state index contributed by atoms with van der Waals surface area (Å²) in [6.45, 7) is 3.95. The Labute approximate surface area is 119 Å². The van der Waals surface area contributed by atoms with Gasteiger partial charge in [0, 0.05) is 19.1 Å². The second-order valence-electron chi connectivity index (χ2n) is 6.12. The number of aliphatic hydroxyl groups excluding tert-OH is 1. The van der Waals surface area contributed by atoms with Crippen molar-refractivity contribution in [3.8, 4) is 0 Å². The fourth-order valence-electron chi connectivity index (χ4n) is 3.52. The largest absolute Gasteiger partial charge is 0.392 e. The number of β-amino-alcohol motifs (C(OH)–C–C–N with tert-alkyl or cyclic N) is 1. The van der Waals surface area contributed by atoms with E-state index in [1.54, 1.807) is 0 Å². The minimum absolute atomic E-state index is 0.199. The van der Waals surface area contributed by atoms with E-state index in [9.17, 15) is 9.50 Å². The first-order chi connectivity index (χ1) is 9.72. The van der Waals surface area contributed by atoms with Gasteiger partial charge in [0.15, 0.2) is 0 Å². The molecule has 20 heavy (non-hydrogen) atoms. The van der Waals surface area contributed by atoms with Crippen molar-refractivity contribution in [1.82, 2.24) is 10.2 Å². The third-order valence-corrected chi connectivity index (χ3v) is 4.53. The van der Waals surface area contributed by atoms with Gasteiger partial charge in [0.05, 0.1) is 6.10 Å². The maximum atomic E-state index is 13.0. The summed E-state index contributed by atoms with van der Waals surface area (Å²) in [6, 6.07) is 6.96. The van der Waals surface area contributed by atoms with Gasteiger partial charge in [0.25, 0.3) is 0 Å². The molecule has 1 aromatic carbocycles. The number of benzene rings is 1. The number of halogens is 1. The zero-order valence-corrected chi connectivity index (χ0v) is 11.8. The van der Waals surface area contributed by atoms with Crippen molar-refractivity contribution >= 4 is 0 Å². The van der Waals surface area contributed by atoms with Crippen LogP contribution in [-0.4, -0.2) is 42.3 Å². The molecule has 2 fully saturated rings. The second-order valence-corrected chi connectivity index (χ2v) is 6.12. The number of rotatable bonds is 3. The number of piperidine rings is 1. The minimum atomic E-state index is -0.262. The normalized spacial score (nSPS) is 31.6. The van der Waals surface area contributed by atoms with Gasteiger partial charge in [0.2, 0.25) is 0 Å². The van der Waals surface area contributed by atoms with Crippen LogP contribution in [0.3, 0.4) is 0 Å². The Hall–Kier alpha value is -0.970. The lowest BCUT2D eigenvalue weighted by Gasteiger charge is -2.31. The maximum Gasteiger partial charge on any atom is 0.123 e. The molecule has 3 rings (SSSR count). The molecule has 3 atom stereocenters. The van der Waals surface area contributed by atoms with Crippen molar-refractivity contribution in [2.45, 2.75) is 31.4 Å². The molecule has 0 radical (unpaired) electrons. The van der Waals surface area contributed by atoms with Gasteiger partial charge in [-0.15, -0.1) is 0 Å². The predicted octanol–water partition coefficient (Wildman–Crippen LogP) is 1.93. The number of aliphatic hydroxyl groups is 1. The summed E-state index contributed by atoms with van der Waals surface area (Å²) in [7, 11) is 0. The molecule has 2 heterocycles. The van der Waals surface area contributed by atoms with Crippen molar-refractivity contribution < 1.29 is 9.50 Å². The standard InChI is InChI=1S/C16H23FN2O/c17-14-5-3-13(4-6-14)16-8-15(20)11-19(16)10-12-2-1-7-18-9-12/h3-6,12,15-16,18,20H,1-2,7-11H2. The molecule has 0 aromatic heterocycles. The van der Waals surface area contributed by atoms with Crippen LogP contribution in [0.4, 0.5) is 4.39 Å². The Morgan fingerprint density at radius 3 is 2.80 bits per heavy atom. The van der Waals surface area contributed by atoms with Crippen molar-refractivity contribution in [1.29, 1.82) is 0 Å². The van der Waals surface area contributed by atoms with Crippen LogP contribution in [0, 0.1) is 11.7 Å². The zero-order chi connectivity index (χ0) is 13.9. The van der Waals surface area contributed by atoms with Crippen LogP contribution in [0.5, 0.6) is 0 Å². The Bertz CT molecular complexity index is 431. The topological polar surface area (TPSA) is 35.5 Å². The lowest BCUT2D eigenvalue weighted by molar-refractivity contribution is 0.159. The Morgan fingerprint density at radius 1 is 1.30 bits per heavy atom. The molecule has 0 bridgehead atoms. The summed E-state index contributed by atoms with van der Waals surface area (Å²) in [5, 5.41) is 13.4. The van der Waals surface area contributed by atoms with Crippen LogP contribution >= 0.6 is 0 Å². The molecule has 0 saturated carbocycles. The van der Waals surface area contributed by atoms with E-state index in [1.807, 2.05) is 12.1 Å². The first kappa shape index (κ1) is 14.0. The summed E-state index contributed by atoms with van der Waals surface area (Å²) >= 11 is 0. The Balaban J connectivity index is 1.69. The molecule has 2 N–H and O–H groups in total. The van der Waals surface area contributed by atoms with Gasteiger partial charge in [-0.25, -0.2) is 4.39 Å². The van der Waals surface area contributed by atoms with Crippen LogP contribution in [0.15, 0.2) is 24.3 Å². The summed E-state index contributed by atoms with van der Waals surface area (Å²) in [4.78, 5) is 2.37. The molecule has 1 aromatic rings. The monoisotopic (exact) mass is 278 g/mol. The average Bonchev–Trinajstić information content (AvgIpc) is 2.81. The highest BCUT2D eigenvalue weighted by atomic mass is 19.1. The maximum absolute atomic E-state index is 13.0. The molecule has 2 saturated heterocycles. The van der Waals surface area contributed by atoms with Crippen molar-refractivity contribution in [2.24, 2.45) is 5.92 Å². The number of hydrogen-bond acceptors (Lipinski definition) is 3. The zero-order valence-electron chi connectivity index (χ0n) is 11.8. The molecule has 3 unspecified atom stereocenters. The number of likely N-dealkylation sites (tertiary alicyclic amines) is 1. The van der Waals surface area contributed by atoms with Crippen LogP contribution in [0.2, 0.25) is 0 Å². The lowest BCUT2D eigenvalue weighted by atomic mass is 9.97. The molecule has 0 aliphatic carbocycles. The van der Waals surface area contributed by atoms with Crippen LogP contribution in [0.25, 0.3) is 0 Å². The molecular formula is C16H23FN2O. The van der Waals surface area contributed by atoms with Gasteiger partial charge in [-0.05, 0) is 56.0 Å². The van der Waals surface area contributed by atoms with E-state index in [1.165, 1.54) is 25.0 Å². The number of hydrogen-bond donors (Lipinski definition) is 2. The van der Waals surface area contributed by atoms with Gasteiger partial charge >= 0.3 is 0 Å². The molecule has 110 valence electrons. The predicted molar refractivity (Wildman–Crippen MR) is 76.9 cm³/mol. The van der Waals surface area contributed by atoms with Gasteiger partial charge in [-0.3, -0.25) is 4.90 Å². The summed E-state index contributed by atoms with van der Waals surface area (Å²) < 4.78 is 13.0. The fraction of sp³-hybridized carbons (Fsp3) is 0.625. The fourth-order valence-corrected chi connectivity index (χ4v) is 3.52. The van der Waals surface area contributed by atoms with E-state index in [-0.39, 0.29) is 18.0 Å². The smallest absolute Gasteiger partial charge is 0.123 e. The SMILES string of the molecule is OC1CC(c2ccc(F)cc2)N(CC2CCCNC2)C1. The van der Waals surface area contributed by atoms with E-state index in [0.717, 1.165) is 38.2 Å². The highest BCUT2D eigenvalue weighted by Gasteiger charge is 2.33. The third-order valence-electron chi connectivity index (χ3n) is 4.53. The van der Waals surface area contributed by atoms with Crippen LogP contribution in [0.1, 0.15) is 30.9 Å². The molecule has 2 aliphatic heterocycles. The van der Waals surface area contributed by atoms with Gasteiger partial charge in [-0.1, -0.05) is 12.1 Å². The van der Waals surface area contributed by atoms with Gasteiger partial charge in [-0.2, -0.15) is 0 Å². The van der Waals surface area contributed by atoms with E-state index in [2.05, 4.69) is 10.2 Å². The van der Waals surface area contributed by atoms with E-state index in [4.69, 9.17) is 0 Å². The molecule has 3 nitrogen and oxygen atoms in total. The highest BCUT2D eigenvalue weighted by Crippen LogP contribution is 2.33. The first-order valence-electron chi connectivity index (χ1n) is 7.60. The minimum Gasteiger partial charge on any atom is -0.392 e. The second kappa shape index (κ2) is 6.20. The highest BCUT2D eigenvalue weighted by molar-refractivity contribution is 5.21. The van der Waals surface area contributed by atoms with E-state index in [0.29, 0.717) is 5.92 Å². The van der Waals surface area contributed by atoms with Crippen LogP contribution in [-0.2, 0) is 0 Å². The summed E-state index contributed by atoms with van der Waals surface area (Å²) in [5.74, 6) is 0.465. The van der Waals surface area contributed by atoms with Gasteiger partial charge in [0.1, 0.15) is 5.82 Å². The number of nitrogens with one attached hydrogen (secondary N) is 1. The lowest BCUT2D eigenvalue weighted by Crippen LogP contribution is -2.38. The van der Waals surface area contributed by atoms with Crippen molar-refractivity contribution in [3.05, 3.63) is 35.6 Å². The molecule has 4 heteroatoms. The molecule has 0 amide bonds. The van der Waals surface area contributed by atoms with Crippen LogP contribution < -0.4 is 5.32 Å². The number of nitrogens with zero attached hydrogens (tertiary/aromatic N) is 1. The van der Waals surface area contributed by atoms with Crippen molar-refractivity contribution in [3.63, 3.8) is 0 Å². The summed E-state index contributed by atoms with van der Waals surface area (Å²) in [5.41, 5.74) is 1.12. The Morgan fingerprint density at radius 2 is 2.10 bits per heavy atom. The Kier molecular flexibility index (Phi) is 4.34. The average molecular weight is 278 g/mol. The third kappa shape index (κ3) is 3.19. The molecule has 2 aliphatic rings. The molecular weight excluding hydrogens is 255 g/mol. The quantitative estimate of drug-likeness (QED) is 0.887.